The average molecular weight is 338 g/mol. The van der Waals surface area contributed by atoms with Crippen molar-refractivity contribution in [2.45, 2.75) is 38.6 Å². The first-order valence-electron chi connectivity index (χ1n) is 6.82. The third-order valence-corrected chi connectivity index (χ3v) is 4.24. The molecule has 0 aliphatic heterocycles. The first-order chi connectivity index (χ1) is 9.49. The van der Waals surface area contributed by atoms with Crippen molar-refractivity contribution >= 4 is 21.7 Å². The van der Waals surface area contributed by atoms with E-state index in [-0.39, 0.29) is 5.82 Å². The molecule has 1 fully saturated rings. The molecule has 1 heterocycles. The zero-order valence-corrected chi connectivity index (χ0v) is 13.1. The second-order valence-corrected chi connectivity index (χ2v) is 6.44. The minimum absolute atomic E-state index is 0.297. The van der Waals surface area contributed by atoms with Crippen LogP contribution in [0.2, 0.25) is 0 Å². The predicted octanol–water partition coefficient (Wildman–Crippen LogP) is 4.49. The van der Waals surface area contributed by atoms with Crippen molar-refractivity contribution in [3.8, 4) is 11.3 Å². The number of nitrogens with two attached hydrogens (primary N) is 1. The Balaban J connectivity index is 2.13. The van der Waals surface area contributed by atoms with Crippen LogP contribution in [0.1, 0.15) is 44.5 Å². The third-order valence-electron chi connectivity index (χ3n) is 3.60. The monoisotopic (exact) mass is 337 g/mol. The van der Waals surface area contributed by atoms with Crippen LogP contribution in [0, 0.1) is 5.82 Å². The minimum atomic E-state index is -0.297. The smallest absolute Gasteiger partial charge is 0.138 e. The molecule has 1 aromatic heterocycles. The van der Waals surface area contributed by atoms with Gasteiger partial charge in [-0.1, -0.05) is 19.9 Å². The number of hydrogen-bond acceptors (Lipinski definition) is 2. The van der Waals surface area contributed by atoms with E-state index < -0.39 is 0 Å². The normalized spacial score (nSPS) is 15.1. The fourth-order valence-corrected chi connectivity index (χ4v) is 2.69. The summed E-state index contributed by atoms with van der Waals surface area (Å²) in [6.07, 6.45) is 2.29. The third kappa shape index (κ3) is 2.24. The Kier molecular flexibility index (Phi) is 3.32. The molecule has 2 aromatic rings. The molecule has 0 amide bonds. The molecule has 0 bridgehead atoms. The molecule has 106 valence electrons. The van der Waals surface area contributed by atoms with Crippen LogP contribution in [-0.4, -0.2) is 9.55 Å². The average Bonchev–Trinajstić information content (AvgIpc) is 3.16. The first kappa shape index (κ1) is 13.6. The van der Waals surface area contributed by atoms with Gasteiger partial charge in [0, 0.05) is 17.5 Å². The quantitative estimate of drug-likeness (QED) is 0.896. The maximum absolute atomic E-state index is 13.7. The van der Waals surface area contributed by atoms with Crippen LogP contribution in [0.3, 0.4) is 0 Å². The molecule has 2 N–H and O–H groups in total. The van der Waals surface area contributed by atoms with Crippen LogP contribution in [-0.2, 0) is 0 Å². The molecule has 0 atom stereocenters. The number of nitrogen functional groups attached to an aromatic ring is 1. The van der Waals surface area contributed by atoms with Crippen molar-refractivity contribution in [1.29, 1.82) is 0 Å². The predicted molar refractivity (Wildman–Crippen MR) is 82.1 cm³/mol. The lowest BCUT2D eigenvalue weighted by Gasteiger charge is -2.10. The van der Waals surface area contributed by atoms with E-state index in [9.17, 15) is 4.39 Å². The van der Waals surface area contributed by atoms with Gasteiger partial charge in [-0.15, -0.1) is 0 Å². The van der Waals surface area contributed by atoms with Gasteiger partial charge in [-0.05, 0) is 40.9 Å². The van der Waals surface area contributed by atoms with Crippen molar-refractivity contribution < 1.29 is 4.39 Å². The van der Waals surface area contributed by atoms with Gasteiger partial charge in [0.05, 0.1) is 4.47 Å². The number of imidazole rings is 1. The molecule has 3 nitrogen and oxygen atoms in total. The molecule has 1 aliphatic rings. The van der Waals surface area contributed by atoms with Crippen LogP contribution in [0.5, 0.6) is 0 Å². The molecule has 0 unspecified atom stereocenters. The summed E-state index contributed by atoms with van der Waals surface area (Å²) in [4.78, 5) is 4.67. The van der Waals surface area contributed by atoms with Gasteiger partial charge in [0.25, 0.3) is 0 Å². The van der Waals surface area contributed by atoms with E-state index in [2.05, 4.69) is 39.3 Å². The summed E-state index contributed by atoms with van der Waals surface area (Å²) in [5, 5.41) is 0. The van der Waals surface area contributed by atoms with E-state index in [0.29, 0.717) is 27.9 Å². The second kappa shape index (κ2) is 4.88. The van der Waals surface area contributed by atoms with E-state index in [0.717, 1.165) is 24.2 Å². The Labute approximate surface area is 126 Å². The van der Waals surface area contributed by atoms with Crippen LogP contribution in [0.4, 0.5) is 10.2 Å². The lowest BCUT2D eigenvalue weighted by molar-refractivity contribution is 0.621. The topological polar surface area (TPSA) is 43.8 Å². The molecule has 1 aromatic carbocycles. The van der Waals surface area contributed by atoms with Crippen molar-refractivity contribution in [2.75, 3.05) is 5.73 Å². The highest BCUT2D eigenvalue weighted by atomic mass is 79.9. The molecule has 20 heavy (non-hydrogen) atoms. The van der Waals surface area contributed by atoms with Gasteiger partial charge in [-0.3, -0.25) is 0 Å². The second-order valence-electron chi connectivity index (χ2n) is 5.59. The highest BCUT2D eigenvalue weighted by Crippen LogP contribution is 2.42. The van der Waals surface area contributed by atoms with Crippen LogP contribution >= 0.6 is 15.9 Å². The number of aromatic nitrogens is 2. The summed E-state index contributed by atoms with van der Waals surface area (Å²) in [6.45, 7) is 4.21. The van der Waals surface area contributed by atoms with Gasteiger partial charge in [0.2, 0.25) is 0 Å². The fourth-order valence-electron chi connectivity index (χ4n) is 2.44. The molecular formula is C15H17BrFN3. The maximum Gasteiger partial charge on any atom is 0.138 e. The Morgan fingerprint density at radius 1 is 1.40 bits per heavy atom. The zero-order chi connectivity index (χ0) is 14.4. The van der Waals surface area contributed by atoms with E-state index in [4.69, 9.17) is 5.73 Å². The van der Waals surface area contributed by atoms with Gasteiger partial charge in [-0.2, -0.15) is 0 Å². The van der Waals surface area contributed by atoms with Crippen molar-refractivity contribution in [3.05, 3.63) is 34.3 Å². The number of hydrogen-bond donors (Lipinski definition) is 1. The maximum atomic E-state index is 13.7. The van der Waals surface area contributed by atoms with Gasteiger partial charge in [0.1, 0.15) is 23.2 Å². The molecule has 5 heteroatoms. The lowest BCUT2D eigenvalue weighted by Crippen LogP contribution is -2.06. The van der Waals surface area contributed by atoms with E-state index >= 15 is 0 Å². The molecule has 3 rings (SSSR count). The number of anilines is 1. The van der Waals surface area contributed by atoms with Crippen LogP contribution in [0.25, 0.3) is 11.3 Å². The van der Waals surface area contributed by atoms with Crippen molar-refractivity contribution in [2.24, 2.45) is 0 Å². The summed E-state index contributed by atoms with van der Waals surface area (Å²) in [7, 11) is 0. The Morgan fingerprint density at radius 3 is 2.65 bits per heavy atom. The highest BCUT2D eigenvalue weighted by Gasteiger charge is 2.30. The summed E-state index contributed by atoms with van der Waals surface area (Å²) in [5.41, 5.74) is 7.68. The largest absolute Gasteiger partial charge is 0.383 e. The van der Waals surface area contributed by atoms with Crippen molar-refractivity contribution in [3.63, 3.8) is 0 Å². The van der Waals surface area contributed by atoms with E-state index in [1.807, 2.05) is 6.07 Å². The number of benzene rings is 1. The van der Waals surface area contributed by atoms with Gasteiger partial charge >= 0.3 is 0 Å². The summed E-state index contributed by atoms with van der Waals surface area (Å²) >= 11 is 3.16. The first-order valence-corrected chi connectivity index (χ1v) is 7.61. The summed E-state index contributed by atoms with van der Waals surface area (Å²) < 4.78 is 16.3. The number of nitrogens with zero attached hydrogens (tertiary/aromatic N) is 2. The van der Waals surface area contributed by atoms with Crippen LogP contribution in [0.15, 0.2) is 22.7 Å². The molecular weight excluding hydrogens is 321 g/mol. The molecule has 0 saturated heterocycles. The van der Waals surface area contributed by atoms with Gasteiger partial charge in [0.15, 0.2) is 0 Å². The van der Waals surface area contributed by atoms with Gasteiger partial charge in [-0.25, -0.2) is 9.37 Å². The Bertz CT molecular complexity index is 659. The van der Waals surface area contributed by atoms with Gasteiger partial charge < -0.3 is 10.3 Å². The lowest BCUT2D eigenvalue weighted by atomic mass is 10.1. The van der Waals surface area contributed by atoms with Crippen molar-refractivity contribution in [1.82, 2.24) is 9.55 Å². The fraction of sp³-hybridized carbons (Fsp3) is 0.400. The standard InChI is InChI=1S/C15H17BrFN3/c1-8(2)15-19-13(14(18)20(15)10-4-5-10)9-3-6-11(16)12(17)7-9/h3,6-8,10H,4-5,18H2,1-2H3. The molecule has 0 spiro atoms. The minimum Gasteiger partial charge on any atom is -0.383 e. The number of rotatable bonds is 3. The summed E-state index contributed by atoms with van der Waals surface area (Å²) in [6, 6.07) is 5.47. The highest BCUT2D eigenvalue weighted by molar-refractivity contribution is 9.10. The molecule has 0 radical (unpaired) electrons. The summed E-state index contributed by atoms with van der Waals surface area (Å²) in [5.74, 6) is 1.64. The zero-order valence-electron chi connectivity index (χ0n) is 11.5. The molecule has 1 saturated carbocycles. The number of halogens is 2. The Hall–Kier alpha value is -1.36. The molecule has 1 aliphatic carbocycles. The van der Waals surface area contributed by atoms with Crippen LogP contribution < -0.4 is 5.73 Å². The Morgan fingerprint density at radius 2 is 2.10 bits per heavy atom. The van der Waals surface area contributed by atoms with E-state index in [1.165, 1.54) is 6.07 Å². The SMILES string of the molecule is CC(C)c1nc(-c2ccc(Br)c(F)c2)c(N)n1C1CC1. The van der Waals surface area contributed by atoms with E-state index in [1.54, 1.807) is 6.07 Å².